The molecule has 2 aromatic rings. The second-order valence-corrected chi connectivity index (χ2v) is 7.54. The van der Waals surface area contributed by atoms with Crippen LogP contribution in [0.2, 0.25) is 0 Å². The fraction of sp³-hybridized carbons (Fsp3) is 0.304. The molecule has 1 saturated heterocycles. The summed E-state index contributed by atoms with van der Waals surface area (Å²) < 4.78 is 22.4. The van der Waals surface area contributed by atoms with E-state index in [1.54, 1.807) is 4.90 Å². The van der Waals surface area contributed by atoms with Gasteiger partial charge in [-0.25, -0.2) is 23.6 Å². The van der Waals surface area contributed by atoms with Crippen molar-refractivity contribution in [1.29, 1.82) is 0 Å². The fourth-order valence-corrected chi connectivity index (χ4v) is 3.49. The SMILES string of the molecule is COC(=O)c1ccc(C(=O)OC)c(NC(=O)N2CCC(NC(=O)Nc3ccc(F)cc3)CC2)c1. The minimum atomic E-state index is -0.665. The lowest BCUT2D eigenvalue weighted by molar-refractivity contribution is 0.0587. The van der Waals surface area contributed by atoms with Gasteiger partial charge in [0, 0.05) is 24.8 Å². The molecule has 1 fully saturated rings. The first-order valence-electron chi connectivity index (χ1n) is 10.5. The van der Waals surface area contributed by atoms with Gasteiger partial charge in [0.1, 0.15) is 5.82 Å². The molecular weight excluding hydrogens is 447 g/mol. The van der Waals surface area contributed by atoms with Gasteiger partial charge in [-0.3, -0.25) is 0 Å². The zero-order valence-corrected chi connectivity index (χ0v) is 18.7. The maximum atomic E-state index is 13.0. The Hall–Kier alpha value is -4.15. The summed E-state index contributed by atoms with van der Waals surface area (Å²) in [5.41, 5.74) is 0.850. The highest BCUT2D eigenvalue weighted by Crippen LogP contribution is 2.21. The van der Waals surface area contributed by atoms with Gasteiger partial charge in [-0.15, -0.1) is 0 Å². The number of ether oxygens (including phenoxy) is 2. The second-order valence-electron chi connectivity index (χ2n) is 7.54. The highest BCUT2D eigenvalue weighted by molar-refractivity contribution is 6.03. The van der Waals surface area contributed by atoms with Crippen LogP contribution in [0, 0.1) is 5.82 Å². The standard InChI is InChI=1S/C23H25FN4O6/c1-33-20(29)14-3-8-18(21(30)34-2)19(13-14)27-23(32)28-11-9-17(10-12-28)26-22(31)25-16-6-4-15(24)5-7-16/h3-8,13,17H,9-12H2,1-2H3,(H,27,32)(H2,25,26,31). The Bertz CT molecular complexity index is 1070. The summed E-state index contributed by atoms with van der Waals surface area (Å²) in [5.74, 6) is -1.67. The lowest BCUT2D eigenvalue weighted by Gasteiger charge is -2.32. The van der Waals surface area contributed by atoms with E-state index in [0.717, 1.165) is 0 Å². The van der Waals surface area contributed by atoms with Gasteiger partial charge >= 0.3 is 24.0 Å². The van der Waals surface area contributed by atoms with E-state index in [4.69, 9.17) is 9.47 Å². The van der Waals surface area contributed by atoms with Crippen LogP contribution in [0.25, 0.3) is 0 Å². The molecule has 1 heterocycles. The number of amides is 4. The Labute approximate surface area is 195 Å². The number of hydrogen-bond acceptors (Lipinski definition) is 6. The normalized spacial score (nSPS) is 13.6. The number of piperidine rings is 1. The Balaban J connectivity index is 1.57. The van der Waals surface area contributed by atoms with Crippen LogP contribution in [0.5, 0.6) is 0 Å². The van der Waals surface area contributed by atoms with E-state index in [1.807, 2.05) is 0 Å². The number of anilines is 2. The van der Waals surface area contributed by atoms with Crippen molar-refractivity contribution in [3.63, 3.8) is 0 Å². The molecule has 11 heteroatoms. The minimum absolute atomic E-state index is 0.0949. The van der Waals surface area contributed by atoms with Crippen molar-refractivity contribution < 1.29 is 33.0 Å². The predicted octanol–water partition coefficient (Wildman–Crippen LogP) is 3.22. The van der Waals surface area contributed by atoms with Crippen LogP contribution < -0.4 is 16.0 Å². The molecule has 0 atom stereocenters. The number of halogens is 1. The second kappa shape index (κ2) is 11.1. The summed E-state index contributed by atoms with van der Waals surface area (Å²) >= 11 is 0. The van der Waals surface area contributed by atoms with E-state index < -0.39 is 29.8 Å². The number of likely N-dealkylation sites (tertiary alicyclic amines) is 1. The molecule has 180 valence electrons. The Morgan fingerprint density at radius 2 is 1.56 bits per heavy atom. The first-order valence-corrected chi connectivity index (χ1v) is 10.5. The maximum absolute atomic E-state index is 13.0. The molecule has 10 nitrogen and oxygen atoms in total. The van der Waals surface area contributed by atoms with Crippen LogP contribution in [-0.2, 0) is 9.47 Å². The number of esters is 2. The molecule has 1 aliphatic rings. The molecule has 3 rings (SSSR count). The molecule has 0 spiro atoms. The van der Waals surface area contributed by atoms with Gasteiger partial charge in [-0.1, -0.05) is 0 Å². The van der Waals surface area contributed by atoms with Crippen LogP contribution in [0.15, 0.2) is 42.5 Å². The molecule has 2 aromatic carbocycles. The largest absolute Gasteiger partial charge is 0.465 e. The smallest absolute Gasteiger partial charge is 0.339 e. The third kappa shape index (κ3) is 6.21. The van der Waals surface area contributed by atoms with Crippen molar-refractivity contribution in [3.05, 3.63) is 59.4 Å². The van der Waals surface area contributed by atoms with E-state index in [1.165, 1.54) is 56.7 Å². The third-order valence-corrected chi connectivity index (χ3v) is 5.31. The number of rotatable bonds is 5. The van der Waals surface area contributed by atoms with Crippen molar-refractivity contribution in [2.45, 2.75) is 18.9 Å². The van der Waals surface area contributed by atoms with Gasteiger partial charge in [0.05, 0.1) is 31.0 Å². The highest BCUT2D eigenvalue weighted by Gasteiger charge is 2.25. The monoisotopic (exact) mass is 472 g/mol. The van der Waals surface area contributed by atoms with Crippen LogP contribution in [0.1, 0.15) is 33.6 Å². The van der Waals surface area contributed by atoms with Gasteiger partial charge < -0.3 is 30.3 Å². The molecule has 4 amide bonds. The molecule has 1 aliphatic heterocycles. The zero-order valence-electron chi connectivity index (χ0n) is 18.7. The third-order valence-electron chi connectivity index (χ3n) is 5.31. The number of nitrogens with one attached hydrogen (secondary N) is 3. The molecule has 0 aliphatic carbocycles. The maximum Gasteiger partial charge on any atom is 0.339 e. The zero-order chi connectivity index (χ0) is 24.7. The number of carbonyl (C=O) groups is 4. The lowest BCUT2D eigenvalue weighted by atomic mass is 10.1. The first-order chi connectivity index (χ1) is 16.3. The summed E-state index contributed by atoms with van der Waals surface area (Å²) in [5, 5.41) is 8.12. The number of benzene rings is 2. The molecule has 34 heavy (non-hydrogen) atoms. The van der Waals surface area contributed by atoms with E-state index >= 15 is 0 Å². The Morgan fingerprint density at radius 3 is 2.18 bits per heavy atom. The number of methoxy groups -OCH3 is 2. The topological polar surface area (TPSA) is 126 Å². The van der Waals surface area contributed by atoms with Gasteiger partial charge in [0.15, 0.2) is 0 Å². The summed E-state index contributed by atoms with van der Waals surface area (Å²) in [6.45, 7) is 0.717. The molecule has 0 radical (unpaired) electrons. The van der Waals surface area contributed by atoms with Crippen molar-refractivity contribution in [3.8, 4) is 0 Å². The van der Waals surface area contributed by atoms with E-state index in [9.17, 15) is 23.6 Å². The number of hydrogen-bond donors (Lipinski definition) is 3. The van der Waals surface area contributed by atoms with Crippen LogP contribution in [0.4, 0.5) is 25.4 Å². The molecule has 0 bridgehead atoms. The first kappa shape index (κ1) is 24.5. The molecule has 0 unspecified atom stereocenters. The number of carbonyl (C=O) groups excluding carboxylic acids is 4. The summed E-state index contributed by atoms with van der Waals surface area (Å²) in [7, 11) is 2.44. The van der Waals surface area contributed by atoms with Crippen molar-refractivity contribution in [2.24, 2.45) is 0 Å². The van der Waals surface area contributed by atoms with E-state index in [-0.39, 0.29) is 22.9 Å². The highest BCUT2D eigenvalue weighted by atomic mass is 19.1. The summed E-state index contributed by atoms with van der Waals surface area (Å²) in [6, 6.07) is 8.52. The van der Waals surface area contributed by atoms with Crippen LogP contribution in [-0.4, -0.2) is 62.3 Å². The van der Waals surface area contributed by atoms with E-state index in [0.29, 0.717) is 31.6 Å². The average molecular weight is 472 g/mol. The van der Waals surface area contributed by atoms with Crippen LogP contribution in [0.3, 0.4) is 0 Å². The molecule has 0 aromatic heterocycles. The molecule has 0 saturated carbocycles. The Morgan fingerprint density at radius 1 is 0.912 bits per heavy atom. The van der Waals surface area contributed by atoms with Crippen molar-refractivity contribution in [2.75, 3.05) is 37.9 Å². The minimum Gasteiger partial charge on any atom is -0.465 e. The molecular formula is C23H25FN4O6. The number of urea groups is 2. The average Bonchev–Trinajstić information content (AvgIpc) is 2.84. The summed E-state index contributed by atoms with van der Waals surface area (Å²) in [6.07, 6.45) is 1.02. The van der Waals surface area contributed by atoms with Gasteiger partial charge in [0.25, 0.3) is 0 Å². The summed E-state index contributed by atoms with van der Waals surface area (Å²) in [4.78, 5) is 50.4. The fourth-order valence-electron chi connectivity index (χ4n) is 3.49. The van der Waals surface area contributed by atoms with Crippen molar-refractivity contribution in [1.82, 2.24) is 10.2 Å². The van der Waals surface area contributed by atoms with Gasteiger partial charge in [0.2, 0.25) is 0 Å². The lowest BCUT2D eigenvalue weighted by Crippen LogP contribution is -2.48. The van der Waals surface area contributed by atoms with E-state index in [2.05, 4.69) is 16.0 Å². The number of nitrogens with zero attached hydrogens (tertiary/aromatic N) is 1. The Kier molecular flexibility index (Phi) is 8.01. The van der Waals surface area contributed by atoms with Crippen molar-refractivity contribution >= 4 is 35.4 Å². The van der Waals surface area contributed by atoms with Gasteiger partial charge in [-0.2, -0.15) is 0 Å². The van der Waals surface area contributed by atoms with Gasteiger partial charge in [-0.05, 0) is 55.3 Å². The quantitative estimate of drug-likeness (QED) is 0.574. The molecule has 3 N–H and O–H groups in total. The van der Waals surface area contributed by atoms with Crippen LogP contribution >= 0.6 is 0 Å². The predicted molar refractivity (Wildman–Crippen MR) is 121 cm³/mol.